The minimum Gasteiger partial charge on any atom is -0.481 e. The number of carboxylic acid groups (broad SMARTS) is 1. The zero-order valence-electron chi connectivity index (χ0n) is 8.08. The Hall–Kier alpha value is -1.08. The maximum Gasteiger partial charge on any atom is 0.309 e. The molecule has 3 N–H and O–H groups in total. The Kier molecular flexibility index (Phi) is 4.31. The summed E-state index contributed by atoms with van der Waals surface area (Å²) < 4.78 is 25.0. The lowest BCUT2D eigenvalue weighted by molar-refractivity contribution is -0.136. The third-order valence-corrected chi connectivity index (χ3v) is 2.58. The summed E-state index contributed by atoms with van der Waals surface area (Å²) in [6.45, 7) is -0.0252. The molecule has 1 aromatic rings. The number of carbonyl (C=O) groups is 1. The van der Waals surface area contributed by atoms with Gasteiger partial charge in [-0.25, -0.2) is 13.8 Å². The van der Waals surface area contributed by atoms with Gasteiger partial charge in [-0.1, -0.05) is 0 Å². The predicted octanol–water partition coefficient (Wildman–Crippen LogP) is 1.87. The van der Waals surface area contributed by atoms with E-state index in [1.807, 2.05) is 0 Å². The highest BCUT2D eigenvalue weighted by molar-refractivity contribution is 9.10. The molecule has 0 saturated carbocycles. The normalized spacial score (nSPS) is 10.8. The molecule has 0 amide bonds. The van der Waals surface area contributed by atoms with Crippen LogP contribution in [-0.2, 0) is 17.8 Å². The van der Waals surface area contributed by atoms with E-state index in [0.29, 0.717) is 5.56 Å². The number of nitrogens with two attached hydrogens (primary N) is 1. The Morgan fingerprint density at radius 1 is 1.62 bits per heavy atom. The fraction of sp³-hybridized carbons (Fsp3) is 0.333. The first-order valence-corrected chi connectivity index (χ1v) is 5.13. The first-order chi connectivity index (χ1) is 7.45. The van der Waals surface area contributed by atoms with Gasteiger partial charge in [0.15, 0.2) is 0 Å². The lowest BCUT2D eigenvalue weighted by Crippen LogP contribution is -2.11. The van der Waals surface area contributed by atoms with Crippen LogP contribution >= 0.6 is 15.9 Å². The van der Waals surface area contributed by atoms with E-state index in [0.717, 1.165) is 0 Å². The van der Waals surface area contributed by atoms with E-state index in [-0.39, 0.29) is 28.8 Å². The van der Waals surface area contributed by atoms with E-state index in [1.165, 1.54) is 6.07 Å². The molecule has 1 rings (SSSR count). The SMILES string of the molecule is NCc1cc(C(F)F)c(Br)nc1CC(=O)O. The van der Waals surface area contributed by atoms with Gasteiger partial charge in [-0.2, -0.15) is 0 Å². The number of aromatic nitrogens is 1. The first-order valence-electron chi connectivity index (χ1n) is 4.34. The Morgan fingerprint density at radius 3 is 2.69 bits per heavy atom. The predicted molar refractivity (Wildman–Crippen MR) is 56.1 cm³/mol. The number of nitrogens with zero attached hydrogens (tertiary/aromatic N) is 1. The summed E-state index contributed by atoms with van der Waals surface area (Å²) in [5.74, 6) is -1.08. The summed E-state index contributed by atoms with van der Waals surface area (Å²) in [4.78, 5) is 14.3. The molecule has 0 radical (unpaired) electrons. The van der Waals surface area contributed by atoms with Crippen molar-refractivity contribution in [3.8, 4) is 0 Å². The van der Waals surface area contributed by atoms with Gasteiger partial charge in [0, 0.05) is 6.54 Å². The molecule has 4 nitrogen and oxygen atoms in total. The third-order valence-electron chi connectivity index (χ3n) is 1.95. The molecule has 0 atom stereocenters. The summed E-state index contributed by atoms with van der Waals surface area (Å²) in [7, 11) is 0. The number of hydrogen-bond donors (Lipinski definition) is 2. The number of alkyl halides is 2. The van der Waals surface area contributed by atoms with Crippen molar-refractivity contribution in [3.63, 3.8) is 0 Å². The monoisotopic (exact) mass is 294 g/mol. The van der Waals surface area contributed by atoms with Gasteiger partial charge in [-0.3, -0.25) is 4.79 Å². The minimum absolute atomic E-state index is 0.0252. The minimum atomic E-state index is -2.67. The molecule has 0 unspecified atom stereocenters. The lowest BCUT2D eigenvalue weighted by atomic mass is 10.1. The topological polar surface area (TPSA) is 76.2 Å². The summed E-state index contributed by atoms with van der Waals surface area (Å²) in [6, 6.07) is 1.18. The zero-order chi connectivity index (χ0) is 12.3. The van der Waals surface area contributed by atoms with Crippen LogP contribution in [0, 0.1) is 0 Å². The molecule has 1 heterocycles. The standard InChI is InChI=1S/C9H9BrF2N2O2/c10-8-5(9(11)12)1-4(3-13)6(14-8)2-7(15)16/h1,9H,2-3,13H2,(H,15,16). The highest BCUT2D eigenvalue weighted by atomic mass is 79.9. The molecule has 7 heteroatoms. The van der Waals surface area contributed by atoms with E-state index < -0.39 is 12.4 Å². The average Bonchev–Trinajstić information content (AvgIpc) is 2.16. The summed E-state index contributed by atoms with van der Waals surface area (Å²) >= 11 is 2.88. The summed E-state index contributed by atoms with van der Waals surface area (Å²) in [6.07, 6.45) is -3.01. The van der Waals surface area contributed by atoms with Crippen LogP contribution in [0.2, 0.25) is 0 Å². The molecule has 88 valence electrons. The van der Waals surface area contributed by atoms with Crippen molar-refractivity contribution in [2.75, 3.05) is 0 Å². The second kappa shape index (κ2) is 5.31. The molecule has 0 aromatic carbocycles. The smallest absolute Gasteiger partial charge is 0.309 e. The van der Waals surface area contributed by atoms with Gasteiger partial charge in [0.05, 0.1) is 17.7 Å². The average molecular weight is 295 g/mol. The van der Waals surface area contributed by atoms with Crippen molar-refractivity contribution < 1.29 is 18.7 Å². The molecular weight excluding hydrogens is 286 g/mol. The molecule has 0 aliphatic heterocycles. The molecular formula is C9H9BrF2N2O2. The van der Waals surface area contributed by atoms with Crippen molar-refractivity contribution in [3.05, 3.63) is 27.5 Å². The first kappa shape index (κ1) is 13.0. The van der Waals surface area contributed by atoms with Gasteiger partial charge in [-0.05, 0) is 27.6 Å². The van der Waals surface area contributed by atoms with Crippen molar-refractivity contribution >= 4 is 21.9 Å². The molecule has 0 aliphatic rings. The largest absolute Gasteiger partial charge is 0.481 e. The fourth-order valence-electron chi connectivity index (χ4n) is 1.21. The Balaban J connectivity index is 3.20. The van der Waals surface area contributed by atoms with Crippen molar-refractivity contribution in [1.29, 1.82) is 0 Å². The number of rotatable bonds is 4. The number of aliphatic carboxylic acids is 1. The van der Waals surface area contributed by atoms with Crippen LogP contribution in [0.3, 0.4) is 0 Å². The van der Waals surface area contributed by atoms with Crippen molar-refractivity contribution in [2.24, 2.45) is 5.73 Å². The number of hydrogen-bond acceptors (Lipinski definition) is 3. The molecule has 16 heavy (non-hydrogen) atoms. The van der Waals surface area contributed by atoms with Crippen LogP contribution in [0.1, 0.15) is 23.2 Å². The van der Waals surface area contributed by atoms with E-state index in [4.69, 9.17) is 10.8 Å². The Labute approximate surface area is 98.6 Å². The van der Waals surface area contributed by atoms with Gasteiger partial charge < -0.3 is 10.8 Å². The van der Waals surface area contributed by atoms with Crippen LogP contribution in [0.4, 0.5) is 8.78 Å². The molecule has 0 bridgehead atoms. The quantitative estimate of drug-likeness (QED) is 0.831. The van der Waals surface area contributed by atoms with E-state index in [2.05, 4.69) is 20.9 Å². The van der Waals surface area contributed by atoms with Gasteiger partial charge >= 0.3 is 5.97 Å². The fourth-order valence-corrected chi connectivity index (χ4v) is 1.71. The van der Waals surface area contributed by atoms with Gasteiger partial charge in [0.2, 0.25) is 0 Å². The van der Waals surface area contributed by atoms with Gasteiger partial charge in [0.25, 0.3) is 6.43 Å². The Bertz CT molecular complexity index is 413. The van der Waals surface area contributed by atoms with Gasteiger partial charge in [0.1, 0.15) is 4.60 Å². The van der Waals surface area contributed by atoms with Crippen molar-refractivity contribution in [2.45, 2.75) is 19.4 Å². The lowest BCUT2D eigenvalue weighted by Gasteiger charge is -2.09. The second-order valence-corrected chi connectivity index (χ2v) is 3.80. The molecule has 1 aromatic heterocycles. The Morgan fingerprint density at radius 2 is 2.25 bits per heavy atom. The van der Waals surface area contributed by atoms with Crippen LogP contribution in [0.5, 0.6) is 0 Å². The zero-order valence-corrected chi connectivity index (χ0v) is 9.67. The van der Waals surface area contributed by atoms with Gasteiger partial charge in [-0.15, -0.1) is 0 Å². The number of halogens is 3. The number of pyridine rings is 1. The maximum atomic E-state index is 12.5. The van der Waals surface area contributed by atoms with E-state index >= 15 is 0 Å². The highest BCUT2D eigenvalue weighted by Gasteiger charge is 2.17. The number of carboxylic acids is 1. The molecule has 0 aliphatic carbocycles. The highest BCUT2D eigenvalue weighted by Crippen LogP contribution is 2.27. The maximum absolute atomic E-state index is 12.5. The van der Waals surface area contributed by atoms with Crippen LogP contribution in [-0.4, -0.2) is 16.1 Å². The van der Waals surface area contributed by atoms with E-state index in [1.54, 1.807) is 0 Å². The summed E-state index contributed by atoms with van der Waals surface area (Å²) in [5.41, 5.74) is 5.59. The third kappa shape index (κ3) is 2.96. The van der Waals surface area contributed by atoms with E-state index in [9.17, 15) is 13.6 Å². The molecule has 0 saturated heterocycles. The van der Waals surface area contributed by atoms with Crippen LogP contribution < -0.4 is 5.73 Å². The van der Waals surface area contributed by atoms with Crippen molar-refractivity contribution in [1.82, 2.24) is 4.98 Å². The van der Waals surface area contributed by atoms with Crippen LogP contribution in [0.15, 0.2) is 10.7 Å². The second-order valence-electron chi connectivity index (χ2n) is 3.05. The summed E-state index contributed by atoms with van der Waals surface area (Å²) in [5, 5.41) is 8.61. The van der Waals surface area contributed by atoms with Crippen LogP contribution in [0.25, 0.3) is 0 Å². The molecule has 0 spiro atoms. The molecule has 0 fully saturated rings.